The Morgan fingerprint density at radius 3 is 2.94 bits per heavy atom. The van der Waals surface area contributed by atoms with Crippen LogP contribution in [0.2, 0.25) is 0 Å². The largest absolute Gasteiger partial charge is 0.468 e. The van der Waals surface area contributed by atoms with Crippen LogP contribution in [0.25, 0.3) is 0 Å². The molecule has 1 aromatic heterocycles. The van der Waals surface area contributed by atoms with Gasteiger partial charge >= 0.3 is 0 Å². The molecular weight excluding hydrogens is 248 g/mol. The number of primary amides is 1. The summed E-state index contributed by atoms with van der Waals surface area (Å²) in [6, 6.07) is 3.83. The molecule has 0 aliphatic heterocycles. The molecule has 5 heteroatoms. The standard InChI is InChI=1S/C13H20N2O2S/c1-2-15-13(12(14)16,10-5-6-10)9-18-8-11-4-3-7-17-11/h3-4,7,10,15H,2,5-6,8-9H2,1H3,(H2,14,16). The number of nitrogens with two attached hydrogens (primary N) is 1. The van der Waals surface area contributed by atoms with Gasteiger partial charge in [-0.25, -0.2) is 0 Å². The third-order valence-electron chi connectivity index (χ3n) is 3.36. The Kier molecular flexibility index (Phi) is 4.35. The summed E-state index contributed by atoms with van der Waals surface area (Å²) in [6.45, 7) is 2.78. The van der Waals surface area contributed by atoms with E-state index in [9.17, 15) is 4.79 Å². The van der Waals surface area contributed by atoms with Crippen LogP contribution < -0.4 is 11.1 Å². The highest BCUT2D eigenvalue weighted by Crippen LogP contribution is 2.41. The molecule has 4 nitrogen and oxygen atoms in total. The van der Waals surface area contributed by atoms with Gasteiger partial charge in [0.15, 0.2) is 0 Å². The number of thioether (sulfide) groups is 1. The normalized spacial score (nSPS) is 18.5. The monoisotopic (exact) mass is 268 g/mol. The van der Waals surface area contributed by atoms with Crippen molar-refractivity contribution in [3.05, 3.63) is 24.2 Å². The van der Waals surface area contributed by atoms with Crippen LogP contribution in [0, 0.1) is 5.92 Å². The number of likely N-dealkylation sites (N-methyl/N-ethyl adjacent to an activating group) is 1. The zero-order chi connectivity index (χ0) is 13.0. The molecule has 0 spiro atoms. The van der Waals surface area contributed by atoms with Crippen LogP contribution in [0.3, 0.4) is 0 Å². The Morgan fingerprint density at radius 2 is 2.44 bits per heavy atom. The lowest BCUT2D eigenvalue weighted by Crippen LogP contribution is -2.59. The lowest BCUT2D eigenvalue weighted by atomic mass is 9.94. The fourth-order valence-electron chi connectivity index (χ4n) is 2.27. The fourth-order valence-corrected chi connectivity index (χ4v) is 3.54. The van der Waals surface area contributed by atoms with Crippen molar-refractivity contribution < 1.29 is 9.21 Å². The Balaban J connectivity index is 1.94. The number of hydrogen-bond donors (Lipinski definition) is 2. The second-order valence-electron chi connectivity index (χ2n) is 4.71. The molecule has 100 valence electrons. The van der Waals surface area contributed by atoms with Crippen LogP contribution in [0.15, 0.2) is 22.8 Å². The Hall–Kier alpha value is -0.940. The van der Waals surface area contributed by atoms with E-state index in [1.165, 1.54) is 0 Å². The van der Waals surface area contributed by atoms with E-state index < -0.39 is 5.54 Å². The van der Waals surface area contributed by atoms with Crippen LogP contribution in [-0.4, -0.2) is 23.7 Å². The first-order valence-corrected chi connectivity index (χ1v) is 7.49. The first-order chi connectivity index (χ1) is 8.69. The van der Waals surface area contributed by atoms with E-state index in [0.717, 1.165) is 30.9 Å². The molecule has 0 saturated heterocycles. The molecule has 1 unspecified atom stereocenters. The maximum atomic E-state index is 11.8. The number of carbonyl (C=O) groups excluding carboxylic acids is 1. The van der Waals surface area contributed by atoms with Crippen molar-refractivity contribution in [2.45, 2.75) is 31.1 Å². The summed E-state index contributed by atoms with van der Waals surface area (Å²) in [5.74, 6) is 2.60. The molecule has 18 heavy (non-hydrogen) atoms. The molecular formula is C13H20N2O2S. The van der Waals surface area contributed by atoms with Crippen LogP contribution >= 0.6 is 11.8 Å². The highest BCUT2D eigenvalue weighted by atomic mass is 32.2. The fraction of sp³-hybridized carbons (Fsp3) is 0.615. The van der Waals surface area contributed by atoms with Gasteiger partial charge in [0, 0.05) is 5.75 Å². The maximum Gasteiger partial charge on any atom is 0.238 e. The van der Waals surface area contributed by atoms with Crippen molar-refractivity contribution in [2.75, 3.05) is 12.3 Å². The van der Waals surface area contributed by atoms with Gasteiger partial charge < -0.3 is 15.5 Å². The number of nitrogens with one attached hydrogen (secondary N) is 1. The van der Waals surface area contributed by atoms with Crippen LogP contribution in [0.1, 0.15) is 25.5 Å². The van der Waals surface area contributed by atoms with Gasteiger partial charge in [-0.2, -0.15) is 11.8 Å². The highest BCUT2D eigenvalue weighted by molar-refractivity contribution is 7.98. The predicted molar refractivity (Wildman–Crippen MR) is 73.2 cm³/mol. The summed E-state index contributed by atoms with van der Waals surface area (Å²) >= 11 is 1.70. The third-order valence-corrected chi connectivity index (χ3v) is 4.51. The molecule has 1 atom stereocenters. The van der Waals surface area contributed by atoms with Crippen molar-refractivity contribution in [3.8, 4) is 0 Å². The highest BCUT2D eigenvalue weighted by Gasteiger charge is 2.49. The van der Waals surface area contributed by atoms with Gasteiger partial charge in [-0.3, -0.25) is 4.79 Å². The summed E-state index contributed by atoms with van der Waals surface area (Å²) in [5, 5.41) is 3.31. The lowest BCUT2D eigenvalue weighted by molar-refractivity contribution is -0.124. The average Bonchev–Trinajstić information content (AvgIpc) is 3.06. The number of hydrogen-bond acceptors (Lipinski definition) is 4. The van der Waals surface area contributed by atoms with E-state index in [0.29, 0.717) is 11.7 Å². The molecule has 1 amide bonds. The van der Waals surface area contributed by atoms with Gasteiger partial charge in [0.1, 0.15) is 11.3 Å². The molecule has 1 aromatic rings. The van der Waals surface area contributed by atoms with Crippen LogP contribution in [-0.2, 0) is 10.5 Å². The molecule has 0 bridgehead atoms. The van der Waals surface area contributed by atoms with Gasteiger partial charge in [0.05, 0.1) is 12.0 Å². The molecule has 0 aromatic carbocycles. The van der Waals surface area contributed by atoms with Gasteiger partial charge in [-0.1, -0.05) is 6.92 Å². The number of carbonyl (C=O) groups is 1. The van der Waals surface area contributed by atoms with Crippen LogP contribution in [0.4, 0.5) is 0 Å². The van der Waals surface area contributed by atoms with E-state index in [1.807, 2.05) is 19.1 Å². The van der Waals surface area contributed by atoms with Gasteiger partial charge in [0.25, 0.3) is 0 Å². The number of amides is 1. The zero-order valence-corrected chi connectivity index (χ0v) is 11.5. The lowest BCUT2D eigenvalue weighted by Gasteiger charge is -2.31. The van der Waals surface area contributed by atoms with Gasteiger partial charge in [-0.05, 0) is 37.4 Å². The smallest absolute Gasteiger partial charge is 0.238 e. The van der Waals surface area contributed by atoms with Gasteiger partial charge in [-0.15, -0.1) is 0 Å². The molecule has 2 rings (SSSR count). The topological polar surface area (TPSA) is 68.3 Å². The van der Waals surface area contributed by atoms with E-state index >= 15 is 0 Å². The molecule has 1 saturated carbocycles. The van der Waals surface area contributed by atoms with Crippen molar-refractivity contribution >= 4 is 17.7 Å². The molecule has 1 aliphatic carbocycles. The molecule has 3 N–H and O–H groups in total. The van der Waals surface area contributed by atoms with E-state index in [4.69, 9.17) is 10.2 Å². The number of rotatable bonds is 8. The minimum Gasteiger partial charge on any atom is -0.468 e. The average molecular weight is 268 g/mol. The minimum atomic E-state index is -0.536. The van der Waals surface area contributed by atoms with E-state index in [-0.39, 0.29) is 5.91 Å². The summed E-state index contributed by atoms with van der Waals surface area (Å²) < 4.78 is 5.29. The molecule has 1 fully saturated rings. The SMILES string of the molecule is CCNC(CSCc1ccco1)(C(N)=O)C1CC1. The third kappa shape index (κ3) is 2.90. The second-order valence-corrected chi connectivity index (χ2v) is 5.70. The van der Waals surface area contributed by atoms with Crippen molar-refractivity contribution in [3.63, 3.8) is 0 Å². The predicted octanol–water partition coefficient (Wildman–Crippen LogP) is 1.76. The summed E-state index contributed by atoms with van der Waals surface area (Å²) in [5.41, 5.74) is 5.08. The Morgan fingerprint density at radius 1 is 1.67 bits per heavy atom. The minimum absolute atomic E-state index is 0.223. The molecule has 1 aliphatic rings. The van der Waals surface area contributed by atoms with E-state index in [2.05, 4.69) is 5.32 Å². The summed E-state index contributed by atoms with van der Waals surface area (Å²) in [4.78, 5) is 11.8. The molecule has 0 radical (unpaired) electrons. The summed E-state index contributed by atoms with van der Waals surface area (Å²) in [7, 11) is 0. The van der Waals surface area contributed by atoms with Crippen molar-refractivity contribution in [2.24, 2.45) is 11.7 Å². The van der Waals surface area contributed by atoms with Crippen LogP contribution in [0.5, 0.6) is 0 Å². The zero-order valence-electron chi connectivity index (χ0n) is 10.6. The maximum absolute atomic E-state index is 11.8. The van der Waals surface area contributed by atoms with Crippen molar-refractivity contribution in [1.82, 2.24) is 5.32 Å². The second kappa shape index (κ2) is 5.80. The van der Waals surface area contributed by atoms with Crippen molar-refractivity contribution in [1.29, 1.82) is 0 Å². The Bertz CT molecular complexity index is 390. The molecule has 1 heterocycles. The first kappa shape index (κ1) is 13.5. The Labute approximate surface area is 112 Å². The van der Waals surface area contributed by atoms with E-state index in [1.54, 1.807) is 18.0 Å². The quantitative estimate of drug-likeness (QED) is 0.754. The summed E-state index contributed by atoms with van der Waals surface area (Å²) in [6.07, 6.45) is 3.86. The number of furan rings is 1. The first-order valence-electron chi connectivity index (χ1n) is 6.34. The van der Waals surface area contributed by atoms with Gasteiger partial charge in [0.2, 0.25) is 5.91 Å².